The van der Waals surface area contributed by atoms with Crippen LogP contribution in [0.4, 0.5) is 6.01 Å². The predicted molar refractivity (Wildman–Crippen MR) is 42.7 cm³/mol. The van der Waals surface area contributed by atoms with Crippen molar-refractivity contribution in [1.82, 2.24) is 10.4 Å². The first-order chi connectivity index (χ1) is 5.86. The first kappa shape index (κ1) is 7.30. The third-order valence-corrected chi connectivity index (χ3v) is 1.68. The van der Waals surface area contributed by atoms with Gasteiger partial charge in [-0.15, -0.1) is 0 Å². The Kier molecular flexibility index (Phi) is 1.79. The molecule has 0 saturated carbocycles. The van der Waals surface area contributed by atoms with Crippen LogP contribution in [-0.2, 0) is 0 Å². The summed E-state index contributed by atoms with van der Waals surface area (Å²) in [6, 6.07) is 1.64. The van der Waals surface area contributed by atoms with E-state index < -0.39 is 0 Å². The van der Waals surface area contributed by atoms with Crippen LogP contribution in [0, 0.1) is 0 Å². The number of anilines is 1. The topological polar surface area (TPSA) is 58.4 Å². The van der Waals surface area contributed by atoms with Gasteiger partial charge in [-0.2, -0.15) is 0 Å². The first-order valence-electron chi connectivity index (χ1n) is 3.83. The molecule has 0 bridgehead atoms. The van der Waals surface area contributed by atoms with Crippen molar-refractivity contribution in [3.05, 3.63) is 22.7 Å². The Labute approximate surface area is 69.0 Å². The van der Waals surface area contributed by atoms with Crippen LogP contribution >= 0.6 is 0 Å². The van der Waals surface area contributed by atoms with Gasteiger partial charge in [-0.05, 0) is 6.42 Å². The zero-order valence-electron chi connectivity index (χ0n) is 6.49. The van der Waals surface area contributed by atoms with Crippen LogP contribution in [0.15, 0.2) is 21.5 Å². The number of rotatable bonds is 1. The summed E-state index contributed by atoms with van der Waals surface area (Å²) in [6.07, 6.45) is 2.49. The van der Waals surface area contributed by atoms with Gasteiger partial charge in [0.15, 0.2) is 0 Å². The lowest BCUT2D eigenvalue weighted by atomic mass is 10.5. The summed E-state index contributed by atoms with van der Waals surface area (Å²) in [5, 5.41) is 1.74. The highest BCUT2D eigenvalue weighted by molar-refractivity contribution is 5.22. The molecular weight excluding hydrogens is 158 g/mol. The van der Waals surface area contributed by atoms with Crippen molar-refractivity contribution < 1.29 is 4.42 Å². The minimum Gasteiger partial charge on any atom is -0.388 e. The Hall–Kier alpha value is -1.36. The second-order valence-electron chi connectivity index (χ2n) is 2.56. The van der Waals surface area contributed by atoms with Crippen molar-refractivity contribution in [1.29, 1.82) is 0 Å². The number of nitrogens with zero attached hydrogens (tertiary/aromatic N) is 2. The van der Waals surface area contributed by atoms with Crippen LogP contribution in [0.2, 0.25) is 0 Å². The quantitative estimate of drug-likeness (QED) is 0.625. The summed E-state index contributed by atoms with van der Waals surface area (Å²) in [6.45, 7) is 1.74. The lowest BCUT2D eigenvalue weighted by Crippen LogP contribution is -2.31. The van der Waals surface area contributed by atoms with E-state index in [1.54, 1.807) is 5.01 Å². The van der Waals surface area contributed by atoms with Gasteiger partial charge in [0, 0.05) is 25.4 Å². The van der Waals surface area contributed by atoms with Gasteiger partial charge in [0.25, 0.3) is 0 Å². The van der Waals surface area contributed by atoms with Gasteiger partial charge in [-0.25, -0.2) is 15.2 Å². The predicted octanol–water partition coefficient (Wildman–Crippen LogP) is -0.250. The lowest BCUT2D eigenvalue weighted by molar-refractivity contribution is 0.473. The first-order valence-corrected chi connectivity index (χ1v) is 3.83. The highest BCUT2D eigenvalue weighted by atomic mass is 16.4. The van der Waals surface area contributed by atoms with Crippen LogP contribution in [0.5, 0.6) is 0 Å². The summed E-state index contributed by atoms with van der Waals surface area (Å²) >= 11 is 0. The zero-order valence-corrected chi connectivity index (χ0v) is 6.49. The number of hydrogen-bond donors (Lipinski definition) is 1. The molecule has 1 fully saturated rings. The summed E-state index contributed by atoms with van der Waals surface area (Å²) in [7, 11) is 0. The molecule has 0 atom stereocenters. The molecule has 1 N–H and O–H groups in total. The van der Waals surface area contributed by atoms with Crippen LogP contribution in [0.3, 0.4) is 0 Å². The average molecular weight is 167 g/mol. The number of hydrazine groups is 1. The van der Waals surface area contributed by atoms with Crippen molar-refractivity contribution in [3.8, 4) is 0 Å². The second kappa shape index (κ2) is 2.94. The van der Waals surface area contributed by atoms with E-state index >= 15 is 0 Å². The molecule has 0 aliphatic carbocycles. The monoisotopic (exact) mass is 167 g/mol. The molecule has 1 aliphatic heterocycles. The fourth-order valence-electron chi connectivity index (χ4n) is 1.13. The van der Waals surface area contributed by atoms with E-state index in [0.717, 1.165) is 19.5 Å². The molecule has 0 aromatic carbocycles. The van der Waals surface area contributed by atoms with E-state index in [2.05, 4.69) is 10.4 Å². The zero-order chi connectivity index (χ0) is 8.39. The molecule has 0 radical (unpaired) electrons. The second-order valence-corrected chi connectivity index (χ2v) is 2.56. The Balaban J connectivity index is 2.27. The molecule has 1 aromatic rings. The van der Waals surface area contributed by atoms with E-state index in [1.165, 1.54) is 12.3 Å². The van der Waals surface area contributed by atoms with Gasteiger partial charge in [0.2, 0.25) is 0 Å². The molecule has 2 rings (SSSR count). The van der Waals surface area contributed by atoms with Crippen LogP contribution in [-0.4, -0.2) is 18.1 Å². The summed E-state index contributed by atoms with van der Waals surface area (Å²) in [4.78, 5) is 14.7. The van der Waals surface area contributed by atoms with E-state index in [0.29, 0.717) is 6.01 Å². The van der Waals surface area contributed by atoms with E-state index in [1.807, 2.05) is 0 Å². The Morgan fingerprint density at radius 1 is 1.67 bits per heavy atom. The van der Waals surface area contributed by atoms with Gasteiger partial charge < -0.3 is 4.42 Å². The number of nitrogens with one attached hydrogen (secondary N) is 1. The fraction of sp³-hybridized carbons (Fsp3) is 0.429. The molecule has 2 heterocycles. The molecule has 1 aromatic heterocycles. The fourth-order valence-corrected chi connectivity index (χ4v) is 1.13. The smallest absolute Gasteiger partial charge is 0.340 e. The van der Waals surface area contributed by atoms with E-state index in [-0.39, 0.29) is 5.63 Å². The molecule has 64 valence electrons. The SMILES string of the molecule is O=c1ccnc(N2CCCN2)o1. The van der Waals surface area contributed by atoms with Crippen molar-refractivity contribution in [3.63, 3.8) is 0 Å². The third-order valence-electron chi connectivity index (χ3n) is 1.68. The molecular formula is C7H9N3O2. The molecule has 1 aliphatic rings. The Bertz CT molecular complexity index is 316. The lowest BCUT2D eigenvalue weighted by Gasteiger charge is -2.12. The van der Waals surface area contributed by atoms with Crippen LogP contribution in [0.25, 0.3) is 0 Å². The molecule has 1 saturated heterocycles. The average Bonchev–Trinajstić information content (AvgIpc) is 2.56. The Morgan fingerprint density at radius 2 is 2.58 bits per heavy atom. The van der Waals surface area contributed by atoms with Gasteiger partial charge in [-0.3, -0.25) is 5.01 Å². The van der Waals surface area contributed by atoms with Crippen LogP contribution in [0.1, 0.15) is 6.42 Å². The number of hydrogen-bond acceptors (Lipinski definition) is 5. The van der Waals surface area contributed by atoms with Gasteiger partial charge in [0.05, 0.1) is 0 Å². The molecule has 12 heavy (non-hydrogen) atoms. The van der Waals surface area contributed by atoms with Gasteiger partial charge in [-0.1, -0.05) is 0 Å². The van der Waals surface area contributed by atoms with E-state index in [4.69, 9.17) is 4.42 Å². The molecule has 0 spiro atoms. The van der Waals surface area contributed by atoms with Crippen LogP contribution < -0.4 is 16.1 Å². The normalized spacial score (nSPS) is 16.8. The minimum absolute atomic E-state index is 0.347. The van der Waals surface area contributed by atoms with Gasteiger partial charge in [0.1, 0.15) is 0 Å². The maximum atomic E-state index is 10.8. The van der Waals surface area contributed by atoms with Crippen molar-refractivity contribution >= 4 is 6.01 Å². The molecule has 0 unspecified atom stereocenters. The Morgan fingerprint density at radius 3 is 3.25 bits per heavy atom. The molecule has 5 nitrogen and oxygen atoms in total. The highest BCUT2D eigenvalue weighted by Crippen LogP contribution is 2.07. The van der Waals surface area contributed by atoms with Crippen molar-refractivity contribution in [2.24, 2.45) is 0 Å². The maximum Gasteiger partial charge on any atom is 0.340 e. The van der Waals surface area contributed by atoms with Crippen molar-refractivity contribution in [2.75, 3.05) is 18.1 Å². The van der Waals surface area contributed by atoms with Crippen molar-refractivity contribution in [2.45, 2.75) is 6.42 Å². The number of aromatic nitrogens is 1. The largest absolute Gasteiger partial charge is 0.388 e. The summed E-state index contributed by atoms with van der Waals surface area (Å²) < 4.78 is 4.86. The summed E-state index contributed by atoms with van der Waals surface area (Å²) in [5.41, 5.74) is 2.67. The molecule has 0 amide bonds. The molecule has 5 heteroatoms. The minimum atomic E-state index is -0.367. The standard InChI is InChI=1S/C7H9N3O2/c11-6-2-4-8-7(12-6)10-5-1-3-9-10/h2,4,9H,1,3,5H2. The highest BCUT2D eigenvalue weighted by Gasteiger charge is 2.14. The van der Waals surface area contributed by atoms with E-state index in [9.17, 15) is 4.79 Å². The van der Waals surface area contributed by atoms with Gasteiger partial charge >= 0.3 is 11.6 Å². The summed E-state index contributed by atoms with van der Waals surface area (Å²) in [5.74, 6) is 0. The third kappa shape index (κ3) is 1.31. The maximum absolute atomic E-state index is 10.8.